The molecule has 7 aliphatic rings. The van der Waals surface area contributed by atoms with E-state index in [0.29, 0.717) is 73.4 Å². The van der Waals surface area contributed by atoms with Crippen molar-refractivity contribution >= 4 is 15.8 Å². The third kappa shape index (κ3) is 6.84. The number of hydrogen-bond donors (Lipinski definition) is 1. The lowest BCUT2D eigenvalue weighted by Crippen LogP contribution is -2.68. The first-order valence-corrected chi connectivity index (χ1v) is 24.8. The maximum atomic E-state index is 14.8. The molecule has 0 amide bonds. The van der Waals surface area contributed by atoms with Crippen molar-refractivity contribution in [3.8, 4) is 0 Å². The summed E-state index contributed by atoms with van der Waals surface area (Å²) >= 11 is 0. The van der Waals surface area contributed by atoms with Crippen molar-refractivity contribution < 1.29 is 22.3 Å². The number of benzene rings is 1. The topological polar surface area (TPSA) is 75.7 Å². The van der Waals surface area contributed by atoms with Crippen LogP contribution in [0, 0.1) is 56.7 Å². The minimum absolute atomic E-state index is 0.0118. The SMILES string of the molecule is C=C(C)C1CC[C@]2(NCCN3CCS(=O)(=O)CC3)CC[C@]3(C)[C@H](CC[C@@H]4[C@@]5(C)CC=C(C6=CC[C@@](CF)(C(=O)OCc7ccccc7)CC6)C(C)(C)[C@@H]5CC[C@]43C)[C@@H]12. The maximum absolute atomic E-state index is 14.8. The van der Waals surface area contributed by atoms with Gasteiger partial charge in [0.1, 0.15) is 13.3 Å². The Bertz CT molecular complexity index is 1910. The molecule has 320 valence electrons. The van der Waals surface area contributed by atoms with Crippen molar-refractivity contribution in [2.24, 2.45) is 56.7 Å². The van der Waals surface area contributed by atoms with Gasteiger partial charge in [-0.05, 0) is 152 Å². The molecule has 8 rings (SSSR count). The van der Waals surface area contributed by atoms with Gasteiger partial charge in [0.2, 0.25) is 0 Å². The Balaban J connectivity index is 0.996. The van der Waals surface area contributed by atoms with E-state index in [1.54, 1.807) is 0 Å². The van der Waals surface area contributed by atoms with Gasteiger partial charge in [-0.3, -0.25) is 4.79 Å². The molecule has 6 nitrogen and oxygen atoms in total. The van der Waals surface area contributed by atoms with Gasteiger partial charge >= 0.3 is 5.97 Å². The fourth-order valence-corrected chi connectivity index (χ4v) is 16.7. The lowest BCUT2D eigenvalue weighted by Gasteiger charge is -2.72. The van der Waals surface area contributed by atoms with Gasteiger partial charge in [0.25, 0.3) is 0 Å². The quantitative estimate of drug-likeness (QED) is 0.187. The van der Waals surface area contributed by atoms with Crippen LogP contribution >= 0.6 is 0 Å². The van der Waals surface area contributed by atoms with Gasteiger partial charge in [0.15, 0.2) is 9.84 Å². The number of rotatable bonds is 10. The molecule has 1 N–H and O–H groups in total. The maximum Gasteiger partial charge on any atom is 0.315 e. The van der Waals surface area contributed by atoms with E-state index in [1.165, 1.54) is 68.1 Å². The highest BCUT2D eigenvalue weighted by Crippen LogP contribution is 2.76. The molecule has 4 saturated carbocycles. The number of halogens is 1. The second-order valence-electron chi connectivity index (χ2n) is 21.7. The van der Waals surface area contributed by atoms with Crippen LogP contribution in [0.2, 0.25) is 0 Å². The second-order valence-corrected chi connectivity index (χ2v) is 24.0. The third-order valence-electron chi connectivity index (χ3n) is 18.8. The van der Waals surface area contributed by atoms with Crippen LogP contribution in [-0.4, -0.2) is 69.2 Å². The van der Waals surface area contributed by atoms with Crippen LogP contribution in [0.4, 0.5) is 4.39 Å². The molecule has 0 radical (unpaired) electrons. The lowest BCUT2D eigenvalue weighted by molar-refractivity contribution is -0.221. The number of allylic oxidation sites excluding steroid dienone is 5. The molecular formula is C50H73FN2O4S. The molecule has 0 bridgehead atoms. The molecule has 6 aliphatic carbocycles. The highest BCUT2D eigenvalue weighted by Gasteiger charge is 2.70. The van der Waals surface area contributed by atoms with Crippen molar-refractivity contribution in [1.82, 2.24) is 10.2 Å². The fourth-order valence-electron chi connectivity index (χ4n) is 15.4. The van der Waals surface area contributed by atoms with Crippen molar-refractivity contribution in [3.05, 3.63) is 71.3 Å². The number of nitrogens with one attached hydrogen (secondary N) is 1. The summed E-state index contributed by atoms with van der Waals surface area (Å²) in [5.74, 6) is 3.18. The number of alkyl halides is 1. The van der Waals surface area contributed by atoms with E-state index in [2.05, 4.69) is 70.5 Å². The summed E-state index contributed by atoms with van der Waals surface area (Å²) in [6, 6.07) is 9.67. The van der Waals surface area contributed by atoms with Gasteiger partial charge in [-0.2, -0.15) is 0 Å². The van der Waals surface area contributed by atoms with Crippen LogP contribution in [0.25, 0.3) is 0 Å². The Hall–Kier alpha value is -2.29. The Morgan fingerprint density at radius 3 is 2.31 bits per heavy atom. The molecule has 1 aliphatic heterocycles. The Labute approximate surface area is 350 Å². The molecular weight excluding hydrogens is 744 g/mol. The largest absolute Gasteiger partial charge is 0.460 e. The molecule has 10 atom stereocenters. The van der Waals surface area contributed by atoms with Crippen LogP contribution in [-0.2, 0) is 26.0 Å². The number of hydrogen-bond acceptors (Lipinski definition) is 6. The van der Waals surface area contributed by atoms with Gasteiger partial charge in [-0.1, -0.05) is 89.3 Å². The zero-order valence-corrected chi connectivity index (χ0v) is 37.5. The zero-order chi connectivity index (χ0) is 41.4. The van der Waals surface area contributed by atoms with E-state index in [1.807, 2.05) is 30.3 Å². The Morgan fingerprint density at radius 1 is 0.897 bits per heavy atom. The van der Waals surface area contributed by atoms with E-state index in [4.69, 9.17) is 4.74 Å². The monoisotopic (exact) mass is 817 g/mol. The van der Waals surface area contributed by atoms with Gasteiger partial charge in [-0.15, -0.1) is 0 Å². The number of carbonyl (C=O) groups is 1. The number of nitrogens with zero attached hydrogens (tertiary/aromatic N) is 1. The predicted molar refractivity (Wildman–Crippen MR) is 232 cm³/mol. The minimum Gasteiger partial charge on any atom is -0.460 e. The van der Waals surface area contributed by atoms with E-state index in [-0.39, 0.29) is 33.8 Å². The highest BCUT2D eigenvalue weighted by molar-refractivity contribution is 7.91. The van der Waals surface area contributed by atoms with Gasteiger partial charge in [0, 0.05) is 31.7 Å². The molecule has 0 spiro atoms. The Morgan fingerprint density at radius 2 is 1.64 bits per heavy atom. The van der Waals surface area contributed by atoms with Crippen molar-refractivity contribution in [2.45, 2.75) is 131 Å². The van der Waals surface area contributed by atoms with Crippen LogP contribution in [0.3, 0.4) is 0 Å². The summed E-state index contributed by atoms with van der Waals surface area (Å²) < 4.78 is 44.7. The molecule has 1 heterocycles. The van der Waals surface area contributed by atoms with Gasteiger partial charge in [-0.25, -0.2) is 12.8 Å². The fraction of sp³-hybridized carbons (Fsp3) is 0.740. The number of esters is 1. The number of carbonyl (C=O) groups excluding carboxylic acids is 1. The molecule has 1 saturated heterocycles. The van der Waals surface area contributed by atoms with Crippen LogP contribution < -0.4 is 5.32 Å². The number of sulfone groups is 1. The average Bonchev–Trinajstić information content (AvgIpc) is 3.58. The van der Waals surface area contributed by atoms with E-state index in [9.17, 15) is 17.6 Å². The van der Waals surface area contributed by atoms with E-state index < -0.39 is 27.9 Å². The Kier molecular flexibility index (Phi) is 11.2. The molecule has 8 heteroatoms. The molecule has 58 heavy (non-hydrogen) atoms. The standard InChI is InChI=1S/C50H73FN2O4S/c1-35(2)38-17-24-50(52-27-28-53-29-31-58(55,56)32-30-53)26-25-47(6)40(43(38)50)13-14-42-46(5)20-18-39(45(3,4)41(46)19-21-48(42,47)7)37-15-22-49(34-51,23-16-37)44(54)57-33-36-11-9-8-10-12-36/h8-12,15,18,38,40-43,52H,1,13-14,16-17,19-34H2,2-7H3/t38?,40-,41+,42-,43-,46+,47-,48-,49-,50+/m1/s1. The van der Waals surface area contributed by atoms with Crippen molar-refractivity contribution in [1.29, 1.82) is 0 Å². The zero-order valence-electron chi connectivity index (χ0n) is 36.6. The van der Waals surface area contributed by atoms with Gasteiger partial charge in [0.05, 0.1) is 16.9 Å². The molecule has 1 unspecified atom stereocenters. The van der Waals surface area contributed by atoms with Crippen LogP contribution in [0.15, 0.2) is 65.8 Å². The normalized spacial score (nSPS) is 41.8. The van der Waals surface area contributed by atoms with Crippen molar-refractivity contribution in [2.75, 3.05) is 44.4 Å². The van der Waals surface area contributed by atoms with E-state index in [0.717, 1.165) is 25.1 Å². The summed E-state index contributed by atoms with van der Waals surface area (Å²) in [7, 11) is -2.88. The molecule has 1 aromatic carbocycles. The first-order chi connectivity index (χ1) is 27.4. The highest BCUT2D eigenvalue weighted by atomic mass is 32.2. The van der Waals surface area contributed by atoms with E-state index >= 15 is 0 Å². The summed E-state index contributed by atoms with van der Waals surface area (Å²) in [5, 5.41) is 4.22. The number of ether oxygens (including phenoxy) is 1. The molecule has 0 aromatic heterocycles. The lowest BCUT2D eigenvalue weighted by atomic mass is 9.33. The summed E-state index contributed by atoms with van der Waals surface area (Å²) in [5.41, 5.74) is 4.78. The van der Waals surface area contributed by atoms with Crippen LogP contribution in [0.5, 0.6) is 0 Å². The number of fused-ring (bicyclic) bond motifs is 7. The predicted octanol–water partition coefficient (Wildman–Crippen LogP) is 10.1. The molecule has 1 aromatic rings. The first-order valence-electron chi connectivity index (χ1n) is 22.9. The summed E-state index contributed by atoms with van der Waals surface area (Å²) in [6.45, 7) is 22.6. The first kappa shape index (κ1) is 42.4. The smallest absolute Gasteiger partial charge is 0.315 e. The summed E-state index contributed by atoms with van der Waals surface area (Å²) in [4.78, 5) is 15.7. The second kappa shape index (κ2) is 15.3. The molecule has 5 fully saturated rings. The van der Waals surface area contributed by atoms with Gasteiger partial charge < -0.3 is 15.0 Å². The minimum atomic E-state index is -2.88. The summed E-state index contributed by atoms with van der Waals surface area (Å²) in [6.07, 6.45) is 17.5. The van der Waals surface area contributed by atoms with Crippen molar-refractivity contribution in [3.63, 3.8) is 0 Å². The third-order valence-corrected chi connectivity index (χ3v) is 20.5. The van der Waals surface area contributed by atoms with Crippen LogP contribution in [0.1, 0.15) is 124 Å². The average molecular weight is 817 g/mol.